The van der Waals surface area contributed by atoms with Crippen LogP contribution in [0.2, 0.25) is 5.02 Å². The van der Waals surface area contributed by atoms with Gasteiger partial charge < -0.3 is 15.2 Å². The van der Waals surface area contributed by atoms with Crippen molar-refractivity contribution >= 4 is 17.5 Å². The number of aromatic hydroxyl groups is 1. The van der Waals surface area contributed by atoms with Crippen molar-refractivity contribution in [3.8, 4) is 5.75 Å². The second-order valence-electron chi connectivity index (χ2n) is 5.98. The molecule has 1 fully saturated rings. The number of phenolic OH excluding ortho intramolecular Hbond substituents is 1. The van der Waals surface area contributed by atoms with Crippen LogP contribution in [-0.4, -0.2) is 24.2 Å². The van der Waals surface area contributed by atoms with Gasteiger partial charge in [0.2, 0.25) is 0 Å². The third-order valence-electron chi connectivity index (χ3n) is 4.31. The molecule has 0 bridgehead atoms. The second-order valence-corrected chi connectivity index (χ2v) is 6.39. The summed E-state index contributed by atoms with van der Waals surface area (Å²) >= 11 is 5.86. The Kier molecular flexibility index (Phi) is 5.38. The first-order chi connectivity index (χ1) is 11.6. The van der Waals surface area contributed by atoms with Gasteiger partial charge in [-0.25, -0.2) is 0 Å². The third-order valence-corrected chi connectivity index (χ3v) is 4.61. The van der Waals surface area contributed by atoms with Crippen molar-refractivity contribution in [3.05, 3.63) is 64.7 Å². The maximum Gasteiger partial charge on any atom is 0.251 e. The van der Waals surface area contributed by atoms with Gasteiger partial charge in [0.1, 0.15) is 5.75 Å². The Morgan fingerprint density at radius 3 is 2.79 bits per heavy atom. The molecule has 2 aromatic carbocycles. The van der Waals surface area contributed by atoms with E-state index in [2.05, 4.69) is 17.4 Å². The van der Waals surface area contributed by atoms with Crippen LogP contribution in [0.3, 0.4) is 0 Å². The molecule has 0 aliphatic carbocycles. The first-order valence-electron chi connectivity index (χ1n) is 8.08. The number of hydrogen-bond acceptors (Lipinski definition) is 3. The summed E-state index contributed by atoms with van der Waals surface area (Å²) in [6.45, 7) is 1.29. The number of rotatable bonds is 4. The maximum absolute atomic E-state index is 12.3. The summed E-state index contributed by atoms with van der Waals surface area (Å²) in [5, 5.41) is 12.6. The predicted molar refractivity (Wildman–Crippen MR) is 93.3 cm³/mol. The van der Waals surface area contributed by atoms with E-state index in [0.717, 1.165) is 25.0 Å². The maximum atomic E-state index is 12.3. The van der Waals surface area contributed by atoms with Gasteiger partial charge in [0, 0.05) is 24.6 Å². The number of ether oxygens (including phenoxy) is 1. The molecule has 1 saturated heterocycles. The van der Waals surface area contributed by atoms with E-state index < -0.39 is 0 Å². The average molecular weight is 346 g/mol. The third kappa shape index (κ3) is 3.89. The lowest BCUT2D eigenvalue weighted by Gasteiger charge is -2.32. The van der Waals surface area contributed by atoms with E-state index >= 15 is 0 Å². The van der Waals surface area contributed by atoms with Gasteiger partial charge in [0.15, 0.2) is 0 Å². The quantitative estimate of drug-likeness (QED) is 0.882. The van der Waals surface area contributed by atoms with E-state index in [1.54, 1.807) is 6.07 Å². The molecule has 0 radical (unpaired) electrons. The van der Waals surface area contributed by atoms with Crippen LogP contribution >= 0.6 is 11.6 Å². The van der Waals surface area contributed by atoms with Gasteiger partial charge >= 0.3 is 0 Å². The van der Waals surface area contributed by atoms with Crippen LogP contribution in [0.25, 0.3) is 0 Å². The summed E-state index contributed by atoms with van der Waals surface area (Å²) in [5.41, 5.74) is 1.58. The molecule has 1 aliphatic rings. The van der Waals surface area contributed by atoms with E-state index in [9.17, 15) is 9.90 Å². The monoisotopic (exact) mass is 345 g/mol. The molecule has 0 unspecified atom stereocenters. The Balaban J connectivity index is 1.65. The minimum absolute atomic E-state index is 0.00338. The van der Waals surface area contributed by atoms with Crippen molar-refractivity contribution in [2.45, 2.75) is 18.9 Å². The summed E-state index contributed by atoms with van der Waals surface area (Å²) in [4.78, 5) is 12.3. The number of carbonyl (C=O) groups is 1. The molecule has 1 heterocycles. The van der Waals surface area contributed by atoms with Crippen LogP contribution in [0.5, 0.6) is 5.75 Å². The summed E-state index contributed by atoms with van der Waals surface area (Å²) < 4.78 is 5.94. The van der Waals surface area contributed by atoms with Gasteiger partial charge in [0.05, 0.1) is 11.1 Å². The van der Waals surface area contributed by atoms with Crippen LogP contribution in [0.1, 0.15) is 34.9 Å². The van der Waals surface area contributed by atoms with Crippen molar-refractivity contribution in [1.29, 1.82) is 0 Å². The Morgan fingerprint density at radius 1 is 1.25 bits per heavy atom. The molecule has 2 N–H and O–H groups in total. The molecule has 126 valence electrons. The van der Waals surface area contributed by atoms with Crippen LogP contribution < -0.4 is 5.32 Å². The van der Waals surface area contributed by atoms with E-state index in [-0.39, 0.29) is 28.7 Å². The molecule has 0 spiro atoms. The summed E-state index contributed by atoms with van der Waals surface area (Å²) in [5.74, 6) is 0.00464. The highest BCUT2D eigenvalue weighted by Crippen LogP contribution is 2.33. The Morgan fingerprint density at radius 2 is 2.04 bits per heavy atom. The zero-order valence-corrected chi connectivity index (χ0v) is 14.0. The molecule has 3 rings (SSSR count). The van der Waals surface area contributed by atoms with Gasteiger partial charge in [-0.15, -0.1) is 0 Å². The number of carbonyl (C=O) groups excluding carboxylic acids is 1. The van der Waals surface area contributed by atoms with Crippen molar-refractivity contribution in [2.75, 3.05) is 13.2 Å². The molecule has 2 atom stereocenters. The van der Waals surface area contributed by atoms with Gasteiger partial charge in [-0.2, -0.15) is 0 Å². The number of benzene rings is 2. The molecule has 2 aromatic rings. The number of amides is 1. The van der Waals surface area contributed by atoms with Crippen molar-refractivity contribution < 1.29 is 14.6 Å². The zero-order valence-electron chi connectivity index (χ0n) is 13.2. The first-order valence-corrected chi connectivity index (χ1v) is 8.46. The lowest BCUT2D eigenvalue weighted by Crippen LogP contribution is -2.35. The molecule has 0 saturated carbocycles. The minimum atomic E-state index is -0.200. The van der Waals surface area contributed by atoms with Crippen LogP contribution in [0.15, 0.2) is 48.5 Å². The fraction of sp³-hybridized carbons (Fsp3) is 0.316. The molecule has 24 heavy (non-hydrogen) atoms. The first kappa shape index (κ1) is 16.8. The van der Waals surface area contributed by atoms with Crippen LogP contribution in [0, 0.1) is 5.92 Å². The van der Waals surface area contributed by atoms with E-state index in [1.807, 2.05) is 18.2 Å². The molecule has 0 aromatic heterocycles. The predicted octanol–water partition coefficient (Wildman–Crippen LogP) is 3.94. The number of phenols is 1. The van der Waals surface area contributed by atoms with Crippen molar-refractivity contribution in [1.82, 2.24) is 5.32 Å². The second kappa shape index (κ2) is 7.69. The fourth-order valence-corrected chi connectivity index (χ4v) is 3.22. The summed E-state index contributed by atoms with van der Waals surface area (Å²) in [7, 11) is 0. The summed E-state index contributed by atoms with van der Waals surface area (Å²) in [6, 6.07) is 14.6. The minimum Gasteiger partial charge on any atom is -0.506 e. The molecule has 4 nitrogen and oxygen atoms in total. The normalized spacial score (nSPS) is 20.5. The van der Waals surface area contributed by atoms with Gasteiger partial charge in [0.25, 0.3) is 5.91 Å². The molecular formula is C19H20ClNO3. The van der Waals surface area contributed by atoms with Crippen LogP contribution in [-0.2, 0) is 4.74 Å². The summed E-state index contributed by atoms with van der Waals surface area (Å²) in [6.07, 6.45) is 2.01. The number of nitrogens with one attached hydrogen (secondary N) is 1. The molecular weight excluding hydrogens is 326 g/mol. The fourth-order valence-electron chi connectivity index (χ4n) is 3.04. The number of halogens is 1. The molecule has 1 aliphatic heterocycles. The average Bonchev–Trinajstić information content (AvgIpc) is 2.63. The van der Waals surface area contributed by atoms with E-state index in [0.29, 0.717) is 12.1 Å². The van der Waals surface area contributed by atoms with E-state index in [1.165, 1.54) is 12.1 Å². The lowest BCUT2D eigenvalue weighted by atomic mass is 9.89. The smallest absolute Gasteiger partial charge is 0.251 e. The Bertz CT molecular complexity index is 705. The molecule has 5 heteroatoms. The largest absolute Gasteiger partial charge is 0.506 e. The van der Waals surface area contributed by atoms with Crippen molar-refractivity contribution in [3.63, 3.8) is 0 Å². The van der Waals surface area contributed by atoms with Gasteiger partial charge in [-0.1, -0.05) is 41.9 Å². The van der Waals surface area contributed by atoms with Gasteiger partial charge in [-0.05, 0) is 36.6 Å². The molecule has 1 amide bonds. The van der Waals surface area contributed by atoms with Crippen molar-refractivity contribution in [2.24, 2.45) is 5.92 Å². The van der Waals surface area contributed by atoms with E-state index in [4.69, 9.17) is 16.3 Å². The standard InChI is InChI=1S/C19H20ClNO3/c20-16-11-14(8-9-17(16)22)19(23)21-12-15-7-4-10-24-18(15)13-5-2-1-3-6-13/h1-3,5-6,8-9,11,15,18,22H,4,7,10,12H2,(H,21,23)/t15-,18-/m1/s1. The topological polar surface area (TPSA) is 58.6 Å². The zero-order chi connectivity index (χ0) is 16.9. The highest BCUT2D eigenvalue weighted by atomic mass is 35.5. The number of hydrogen-bond donors (Lipinski definition) is 2. The highest BCUT2D eigenvalue weighted by Gasteiger charge is 2.27. The SMILES string of the molecule is O=C(NC[C@H]1CCCO[C@@H]1c1ccccc1)c1ccc(O)c(Cl)c1. The van der Waals surface area contributed by atoms with Crippen LogP contribution in [0.4, 0.5) is 0 Å². The Hall–Kier alpha value is -2.04. The highest BCUT2D eigenvalue weighted by molar-refractivity contribution is 6.32. The Labute approximate surface area is 146 Å². The van der Waals surface area contributed by atoms with Gasteiger partial charge in [-0.3, -0.25) is 4.79 Å². The lowest BCUT2D eigenvalue weighted by molar-refractivity contribution is -0.0272.